The molecule has 0 saturated carbocycles. The van der Waals surface area contributed by atoms with Gasteiger partial charge in [-0.3, -0.25) is 4.98 Å². The lowest BCUT2D eigenvalue weighted by molar-refractivity contribution is 0.248. The van der Waals surface area contributed by atoms with Crippen molar-refractivity contribution >= 4 is 0 Å². The van der Waals surface area contributed by atoms with Crippen molar-refractivity contribution in [3.63, 3.8) is 0 Å². The van der Waals surface area contributed by atoms with Gasteiger partial charge < -0.3 is 15.1 Å². The number of aromatic hydroxyl groups is 1. The third-order valence-corrected chi connectivity index (χ3v) is 3.75. The maximum Gasteiger partial charge on any atom is 0.141 e. The van der Waals surface area contributed by atoms with E-state index in [4.69, 9.17) is 0 Å². The van der Waals surface area contributed by atoms with Gasteiger partial charge in [0.05, 0.1) is 12.3 Å². The molecule has 4 nitrogen and oxygen atoms in total. The zero-order valence-electron chi connectivity index (χ0n) is 12.5. The number of aryl methyl sites for hydroxylation is 1. The van der Waals surface area contributed by atoms with Gasteiger partial charge in [-0.1, -0.05) is 26.7 Å². The highest BCUT2D eigenvalue weighted by molar-refractivity contribution is 5.40. The summed E-state index contributed by atoms with van der Waals surface area (Å²) in [5.41, 5.74) is 2.12. The van der Waals surface area contributed by atoms with Gasteiger partial charge in [0.25, 0.3) is 0 Å². The van der Waals surface area contributed by atoms with Gasteiger partial charge in [0.15, 0.2) is 0 Å². The van der Waals surface area contributed by atoms with Crippen LogP contribution in [0.25, 0.3) is 0 Å². The van der Waals surface area contributed by atoms with E-state index in [2.05, 4.69) is 30.8 Å². The summed E-state index contributed by atoms with van der Waals surface area (Å²) in [6.45, 7) is 7.74. The summed E-state index contributed by atoms with van der Waals surface area (Å²) in [5.74, 6) is 0.885. The molecule has 0 radical (unpaired) electrons. The van der Waals surface area contributed by atoms with Crippen LogP contribution >= 0.6 is 0 Å². The number of rotatable bonds is 7. The SMILES string of the molecule is CCC(CC)CN(C)Cc1c(CO)cnc(C)c1O. The van der Waals surface area contributed by atoms with Crippen molar-refractivity contribution in [1.29, 1.82) is 0 Å². The van der Waals surface area contributed by atoms with Crippen molar-refractivity contribution in [2.75, 3.05) is 13.6 Å². The lowest BCUT2D eigenvalue weighted by Gasteiger charge is -2.23. The lowest BCUT2D eigenvalue weighted by Crippen LogP contribution is -2.25. The number of aliphatic hydroxyl groups excluding tert-OH is 1. The van der Waals surface area contributed by atoms with E-state index in [9.17, 15) is 10.2 Å². The quantitative estimate of drug-likeness (QED) is 0.796. The van der Waals surface area contributed by atoms with Gasteiger partial charge in [-0.2, -0.15) is 0 Å². The molecule has 0 aromatic carbocycles. The second kappa shape index (κ2) is 7.46. The zero-order valence-corrected chi connectivity index (χ0v) is 12.5. The fourth-order valence-electron chi connectivity index (χ4n) is 2.32. The smallest absolute Gasteiger partial charge is 0.141 e. The number of hydrogen-bond donors (Lipinski definition) is 2. The Kier molecular flexibility index (Phi) is 6.25. The van der Waals surface area contributed by atoms with E-state index < -0.39 is 0 Å². The summed E-state index contributed by atoms with van der Waals surface area (Å²) in [6.07, 6.45) is 3.97. The van der Waals surface area contributed by atoms with Crippen molar-refractivity contribution < 1.29 is 10.2 Å². The van der Waals surface area contributed by atoms with Gasteiger partial charge in [-0.05, 0) is 19.9 Å². The van der Waals surface area contributed by atoms with Crippen LogP contribution in [0.3, 0.4) is 0 Å². The summed E-state index contributed by atoms with van der Waals surface area (Å²) in [7, 11) is 2.05. The number of aromatic nitrogens is 1. The third-order valence-electron chi connectivity index (χ3n) is 3.75. The van der Waals surface area contributed by atoms with Gasteiger partial charge in [0.1, 0.15) is 5.75 Å². The number of pyridine rings is 1. The molecule has 1 heterocycles. The number of hydrogen-bond acceptors (Lipinski definition) is 4. The molecule has 0 amide bonds. The Morgan fingerprint density at radius 3 is 2.47 bits per heavy atom. The van der Waals surface area contributed by atoms with E-state index in [1.807, 2.05) is 0 Å². The van der Waals surface area contributed by atoms with Gasteiger partial charge in [0, 0.05) is 30.4 Å². The molecule has 0 fully saturated rings. The molecular weight excluding hydrogens is 240 g/mol. The third kappa shape index (κ3) is 4.18. The molecule has 19 heavy (non-hydrogen) atoms. The Morgan fingerprint density at radius 2 is 1.95 bits per heavy atom. The van der Waals surface area contributed by atoms with Crippen molar-refractivity contribution in [3.8, 4) is 5.75 Å². The minimum atomic E-state index is -0.0883. The first kappa shape index (κ1) is 15.9. The van der Waals surface area contributed by atoms with E-state index in [0.717, 1.165) is 24.9 Å². The van der Waals surface area contributed by atoms with Crippen LogP contribution in [0.2, 0.25) is 0 Å². The first-order valence-electron chi connectivity index (χ1n) is 6.99. The van der Waals surface area contributed by atoms with Crippen LogP contribution in [0.4, 0.5) is 0 Å². The molecule has 1 rings (SSSR count). The first-order valence-corrected chi connectivity index (χ1v) is 6.99. The molecule has 1 aromatic heterocycles. The zero-order chi connectivity index (χ0) is 14.4. The van der Waals surface area contributed by atoms with Gasteiger partial charge in [-0.15, -0.1) is 0 Å². The second-order valence-electron chi connectivity index (χ2n) is 5.23. The second-order valence-corrected chi connectivity index (χ2v) is 5.23. The molecule has 108 valence electrons. The monoisotopic (exact) mass is 266 g/mol. The molecule has 0 spiro atoms. The largest absolute Gasteiger partial charge is 0.506 e. The van der Waals surface area contributed by atoms with Crippen molar-refractivity contribution in [3.05, 3.63) is 23.0 Å². The van der Waals surface area contributed by atoms with Crippen molar-refractivity contribution in [2.45, 2.75) is 46.8 Å². The van der Waals surface area contributed by atoms with Crippen LogP contribution in [-0.4, -0.2) is 33.7 Å². The van der Waals surface area contributed by atoms with E-state index >= 15 is 0 Å². The fourth-order valence-corrected chi connectivity index (χ4v) is 2.32. The lowest BCUT2D eigenvalue weighted by atomic mass is 10.0. The topological polar surface area (TPSA) is 56.6 Å². The first-order chi connectivity index (χ1) is 9.03. The van der Waals surface area contributed by atoms with Gasteiger partial charge in [0.2, 0.25) is 0 Å². The predicted molar refractivity (Wildman–Crippen MR) is 77.0 cm³/mol. The Labute approximate surface area is 116 Å². The van der Waals surface area contributed by atoms with E-state index in [0.29, 0.717) is 23.7 Å². The molecule has 0 saturated heterocycles. The summed E-state index contributed by atoms with van der Waals surface area (Å²) in [6, 6.07) is 0. The van der Waals surface area contributed by atoms with Crippen LogP contribution in [0.5, 0.6) is 5.75 Å². The van der Waals surface area contributed by atoms with Crippen LogP contribution in [-0.2, 0) is 13.2 Å². The molecule has 0 aliphatic heterocycles. The Bertz CT molecular complexity index is 403. The molecule has 0 aliphatic rings. The Hall–Kier alpha value is -1.13. The average Bonchev–Trinajstić information content (AvgIpc) is 2.41. The Morgan fingerprint density at radius 1 is 1.32 bits per heavy atom. The van der Waals surface area contributed by atoms with Crippen LogP contribution in [0, 0.1) is 12.8 Å². The molecule has 2 N–H and O–H groups in total. The summed E-state index contributed by atoms with van der Waals surface area (Å²) in [5, 5.41) is 19.5. The molecule has 0 unspecified atom stereocenters. The van der Waals surface area contributed by atoms with E-state index in [-0.39, 0.29) is 12.4 Å². The fraction of sp³-hybridized carbons (Fsp3) is 0.667. The summed E-state index contributed by atoms with van der Waals surface area (Å²) in [4.78, 5) is 6.28. The molecule has 0 aliphatic carbocycles. The average molecular weight is 266 g/mol. The maximum absolute atomic E-state index is 10.1. The highest BCUT2D eigenvalue weighted by Crippen LogP contribution is 2.25. The molecule has 4 heteroatoms. The van der Waals surface area contributed by atoms with Gasteiger partial charge >= 0.3 is 0 Å². The van der Waals surface area contributed by atoms with Crippen LogP contribution in [0.15, 0.2) is 6.20 Å². The van der Waals surface area contributed by atoms with Gasteiger partial charge in [-0.25, -0.2) is 0 Å². The highest BCUT2D eigenvalue weighted by atomic mass is 16.3. The highest BCUT2D eigenvalue weighted by Gasteiger charge is 2.15. The molecule has 1 aromatic rings. The summed E-state index contributed by atoms with van der Waals surface area (Å²) >= 11 is 0. The molecular formula is C15H26N2O2. The number of aliphatic hydroxyl groups is 1. The number of nitrogens with zero attached hydrogens (tertiary/aromatic N) is 2. The summed E-state index contributed by atoms with van der Waals surface area (Å²) < 4.78 is 0. The van der Waals surface area contributed by atoms with Crippen molar-refractivity contribution in [1.82, 2.24) is 9.88 Å². The predicted octanol–water partition coefficient (Wildman–Crippen LogP) is 2.46. The van der Waals surface area contributed by atoms with Crippen molar-refractivity contribution in [2.24, 2.45) is 5.92 Å². The van der Waals surface area contributed by atoms with Crippen LogP contribution < -0.4 is 0 Å². The maximum atomic E-state index is 10.1. The Balaban J connectivity index is 2.83. The molecule has 0 bridgehead atoms. The minimum absolute atomic E-state index is 0.0883. The van der Waals surface area contributed by atoms with Crippen LogP contribution in [0.1, 0.15) is 43.5 Å². The van der Waals surface area contributed by atoms with E-state index in [1.165, 1.54) is 0 Å². The minimum Gasteiger partial charge on any atom is -0.506 e. The standard InChI is InChI=1S/C15H26N2O2/c1-5-12(6-2)8-17(4)9-14-13(10-18)7-16-11(3)15(14)19/h7,12,18-19H,5-6,8-10H2,1-4H3. The van der Waals surface area contributed by atoms with E-state index in [1.54, 1.807) is 13.1 Å². The normalized spacial score (nSPS) is 11.5. The molecule has 0 atom stereocenters.